The molecule has 0 spiro atoms. The van der Waals surface area contributed by atoms with Crippen molar-refractivity contribution in [2.24, 2.45) is 0 Å². The molecule has 0 unspecified atom stereocenters. The fraction of sp³-hybridized carbons (Fsp3) is 0.250. The van der Waals surface area contributed by atoms with E-state index in [1.807, 2.05) is 0 Å². The fourth-order valence-corrected chi connectivity index (χ4v) is 25.0. The van der Waals surface area contributed by atoms with Crippen LogP contribution in [0.3, 0.4) is 0 Å². The minimum absolute atomic E-state index is 0.0723. The van der Waals surface area contributed by atoms with Crippen molar-refractivity contribution in [3.8, 4) is 0 Å². The summed E-state index contributed by atoms with van der Waals surface area (Å²) in [6.07, 6.45) is 0. The van der Waals surface area contributed by atoms with Gasteiger partial charge in [0.25, 0.3) is 0 Å². The van der Waals surface area contributed by atoms with Crippen LogP contribution in [0.5, 0.6) is 0 Å². The van der Waals surface area contributed by atoms with Crippen LogP contribution in [0, 0.1) is 27.4 Å². The first-order chi connectivity index (χ1) is 18.2. The van der Waals surface area contributed by atoms with Crippen LogP contribution < -0.4 is 0 Å². The molecule has 0 saturated heterocycles. The van der Waals surface area contributed by atoms with Crippen molar-refractivity contribution < 1.29 is 74.6 Å². The third kappa shape index (κ3) is 5.30. The average Bonchev–Trinajstić information content (AvgIpc) is 2.79. The molecular formula is C16H8F9IN2O10S3. The summed E-state index contributed by atoms with van der Waals surface area (Å²) in [4.78, 5) is 19.4. The number of hydrogen-bond donors (Lipinski definition) is 0. The second kappa shape index (κ2) is 10.5. The quantitative estimate of drug-likeness (QED) is 0.122. The molecule has 0 amide bonds. The van der Waals surface area contributed by atoms with E-state index < -0.39 is 95.6 Å². The average molecular weight is 782 g/mol. The summed E-state index contributed by atoms with van der Waals surface area (Å²) in [6, 6.07) is 1.11. The molecule has 230 valence electrons. The Balaban J connectivity index is 3.49. The van der Waals surface area contributed by atoms with E-state index in [2.05, 4.69) is 0 Å². The Morgan fingerprint density at radius 1 is 0.512 bits per heavy atom. The number of halogens is 10. The van der Waals surface area contributed by atoms with Crippen LogP contribution in [-0.4, -0.2) is 53.0 Å². The van der Waals surface area contributed by atoms with Crippen molar-refractivity contribution in [1.29, 1.82) is 0 Å². The fourth-order valence-electron chi connectivity index (χ4n) is 2.92. The van der Waals surface area contributed by atoms with E-state index >= 15 is 0 Å². The van der Waals surface area contributed by atoms with Crippen LogP contribution in [0.2, 0.25) is 0 Å². The number of rotatable bonds is 8. The second-order valence-corrected chi connectivity index (χ2v) is 22.0. The first-order valence-corrected chi connectivity index (χ1v) is 17.0. The molecule has 0 radical (unpaired) electrons. The van der Waals surface area contributed by atoms with E-state index in [-0.39, 0.29) is 48.5 Å². The van der Waals surface area contributed by atoms with Crippen LogP contribution >= 0.6 is 19.8 Å². The van der Waals surface area contributed by atoms with Gasteiger partial charge in [0.15, 0.2) is 0 Å². The van der Waals surface area contributed by atoms with Gasteiger partial charge >= 0.3 is 229 Å². The summed E-state index contributed by atoms with van der Waals surface area (Å²) in [6.45, 7) is 0. The standard InChI is InChI=1S/C16H8F9IN2O10S3/c17-13(18,19)39(33,34)16(40(35,36)14(20,21)22,41(37,38)15(23,24)25)26(9-1-5-11(6-2-9)27(29)30)10-3-7-12(8-4-10)28(31)32/h1-8H. The third-order valence-electron chi connectivity index (χ3n) is 4.62. The van der Waals surface area contributed by atoms with Crippen molar-refractivity contribution >= 4 is 60.7 Å². The molecule has 12 nitrogen and oxygen atoms in total. The molecule has 0 aliphatic carbocycles. The number of nitro benzene ring substituents is 2. The van der Waals surface area contributed by atoms with Gasteiger partial charge in [-0.15, -0.1) is 0 Å². The molecule has 41 heavy (non-hydrogen) atoms. The maximum absolute atomic E-state index is 13.9. The van der Waals surface area contributed by atoms with Gasteiger partial charge < -0.3 is 0 Å². The molecule has 0 aliphatic rings. The SMILES string of the molecule is O=[N+]([O-])c1ccc(I(c2ccc([N+](=O)[O-])cc2)C(S(=O)(=O)C(F)(F)F)(S(=O)(=O)C(F)(F)F)S(=O)(=O)C(F)(F)F)cc1. The third-order valence-corrected chi connectivity index (χ3v) is 25.9. The Bertz CT molecular complexity index is 1520. The van der Waals surface area contributed by atoms with Gasteiger partial charge in [-0.2, -0.15) is 0 Å². The Hall–Kier alpha value is -2.81. The molecule has 0 fully saturated rings. The molecule has 0 N–H and O–H groups in total. The van der Waals surface area contributed by atoms with Gasteiger partial charge in [-0.3, -0.25) is 0 Å². The number of benzene rings is 2. The second-order valence-electron chi connectivity index (χ2n) is 7.08. The van der Waals surface area contributed by atoms with E-state index in [4.69, 9.17) is 0 Å². The number of nitro groups is 2. The van der Waals surface area contributed by atoms with Crippen LogP contribution in [0.1, 0.15) is 0 Å². The van der Waals surface area contributed by atoms with Crippen LogP contribution in [-0.2, 0) is 29.5 Å². The molecule has 2 aromatic carbocycles. The number of sulfone groups is 3. The molecule has 0 heterocycles. The zero-order chi connectivity index (χ0) is 32.2. The predicted molar refractivity (Wildman–Crippen MR) is 125 cm³/mol. The van der Waals surface area contributed by atoms with Crippen molar-refractivity contribution in [1.82, 2.24) is 0 Å². The van der Waals surface area contributed by atoms with Gasteiger partial charge in [-0.25, -0.2) is 0 Å². The van der Waals surface area contributed by atoms with E-state index in [0.29, 0.717) is 0 Å². The number of hydrogen-bond acceptors (Lipinski definition) is 10. The summed E-state index contributed by atoms with van der Waals surface area (Å²) < 4.78 is 192. The normalized spacial score (nSPS) is 14.4. The summed E-state index contributed by atoms with van der Waals surface area (Å²) in [5.74, 6) is 0. The summed E-state index contributed by atoms with van der Waals surface area (Å²) >= 11 is -6.63. The van der Waals surface area contributed by atoms with Crippen molar-refractivity contribution in [3.63, 3.8) is 0 Å². The van der Waals surface area contributed by atoms with E-state index in [1.54, 1.807) is 0 Å². The zero-order valence-corrected chi connectivity index (χ0v) is 23.2. The summed E-state index contributed by atoms with van der Waals surface area (Å²) in [5, 5.41) is 21.9. The summed E-state index contributed by atoms with van der Waals surface area (Å²) in [7, 11) is -25.9. The van der Waals surface area contributed by atoms with Crippen LogP contribution in [0.4, 0.5) is 50.9 Å². The van der Waals surface area contributed by atoms with Crippen molar-refractivity contribution in [3.05, 3.63) is 75.9 Å². The predicted octanol–water partition coefficient (Wildman–Crippen LogP) is 4.46. The minimum atomic E-state index is -8.64. The molecule has 2 aromatic rings. The van der Waals surface area contributed by atoms with Gasteiger partial charge in [-0.05, 0) is 0 Å². The van der Waals surface area contributed by atoms with Crippen LogP contribution in [0.15, 0.2) is 48.5 Å². The molecule has 0 aliphatic heterocycles. The van der Waals surface area contributed by atoms with Gasteiger partial charge in [0, 0.05) is 0 Å². The Morgan fingerprint density at radius 3 is 0.902 bits per heavy atom. The first-order valence-electron chi connectivity index (χ1n) is 9.31. The molecule has 0 bridgehead atoms. The summed E-state index contributed by atoms with van der Waals surface area (Å²) in [5.41, 5.74) is -24.3. The van der Waals surface area contributed by atoms with Gasteiger partial charge in [0.2, 0.25) is 0 Å². The molecule has 0 saturated carbocycles. The molecule has 0 aromatic heterocycles. The Morgan fingerprint density at radius 2 is 0.732 bits per heavy atom. The molecule has 25 heteroatoms. The van der Waals surface area contributed by atoms with E-state index in [9.17, 15) is 85.0 Å². The van der Waals surface area contributed by atoms with Crippen LogP contribution in [0.25, 0.3) is 0 Å². The Labute approximate surface area is 228 Å². The maximum atomic E-state index is 13.9. The number of alkyl halides is 10. The Kier molecular flexibility index (Phi) is 8.79. The van der Waals surface area contributed by atoms with Crippen molar-refractivity contribution in [2.45, 2.75) is 17.9 Å². The van der Waals surface area contributed by atoms with Gasteiger partial charge in [0.1, 0.15) is 0 Å². The van der Waals surface area contributed by atoms with Crippen molar-refractivity contribution in [2.75, 3.05) is 0 Å². The monoisotopic (exact) mass is 782 g/mol. The molecule has 0 atom stereocenters. The topological polar surface area (TPSA) is 189 Å². The molecule has 2 rings (SSSR count). The zero-order valence-electron chi connectivity index (χ0n) is 18.6. The first kappa shape index (κ1) is 34.4. The number of non-ortho nitro benzene ring substituents is 2. The van der Waals surface area contributed by atoms with Gasteiger partial charge in [0.05, 0.1) is 0 Å². The van der Waals surface area contributed by atoms with E-state index in [1.165, 1.54) is 0 Å². The van der Waals surface area contributed by atoms with Gasteiger partial charge in [-0.1, -0.05) is 0 Å². The number of nitrogens with zero attached hydrogens (tertiary/aromatic N) is 2. The van der Waals surface area contributed by atoms with E-state index in [0.717, 1.165) is 0 Å². The molecular weight excluding hydrogens is 774 g/mol.